The standard InChI is InChI=1S/C36H29Cl2N3O4/c1-21-6-5-8-22(16-21)29(35(42)40-34-28-9-4-3-7-23(28)18-33(34)45-36(40)43)19-25-20-32(24-10-15-30(37)31(38)17-24)41(39-25)26-11-13-27(44-2)14-12-26/h3-17,20,29,33-34H,18-19H2,1-2H3. The van der Waals surface area contributed by atoms with Gasteiger partial charge in [-0.3, -0.25) is 4.79 Å². The van der Waals surface area contributed by atoms with Gasteiger partial charge in [0.1, 0.15) is 17.9 Å². The molecule has 1 saturated heterocycles. The molecule has 45 heavy (non-hydrogen) atoms. The van der Waals surface area contributed by atoms with Crippen LogP contribution in [0.25, 0.3) is 16.9 Å². The summed E-state index contributed by atoms with van der Waals surface area (Å²) in [6, 6.07) is 30.2. The van der Waals surface area contributed by atoms with Crippen molar-refractivity contribution in [2.75, 3.05) is 7.11 Å². The van der Waals surface area contributed by atoms with Crippen molar-refractivity contribution in [2.24, 2.45) is 0 Å². The molecule has 5 aromatic rings. The van der Waals surface area contributed by atoms with E-state index in [0.29, 0.717) is 22.2 Å². The number of amides is 2. The van der Waals surface area contributed by atoms with Crippen LogP contribution in [0.5, 0.6) is 5.75 Å². The van der Waals surface area contributed by atoms with Gasteiger partial charge in [-0.15, -0.1) is 0 Å². The summed E-state index contributed by atoms with van der Waals surface area (Å²) in [5, 5.41) is 5.87. The quantitative estimate of drug-likeness (QED) is 0.180. The third kappa shape index (κ3) is 5.36. The maximum Gasteiger partial charge on any atom is 0.417 e. The number of methoxy groups -OCH3 is 1. The van der Waals surface area contributed by atoms with E-state index in [9.17, 15) is 9.59 Å². The lowest BCUT2D eigenvalue weighted by Gasteiger charge is -2.25. The van der Waals surface area contributed by atoms with Crippen molar-refractivity contribution in [3.63, 3.8) is 0 Å². The van der Waals surface area contributed by atoms with E-state index in [-0.39, 0.29) is 12.3 Å². The molecule has 2 heterocycles. The molecule has 226 valence electrons. The van der Waals surface area contributed by atoms with Gasteiger partial charge in [-0.1, -0.05) is 83.4 Å². The zero-order valence-corrected chi connectivity index (χ0v) is 26.1. The molecule has 0 bridgehead atoms. The number of ether oxygens (including phenoxy) is 2. The monoisotopic (exact) mass is 637 g/mol. The van der Waals surface area contributed by atoms with Crippen molar-refractivity contribution in [2.45, 2.75) is 37.8 Å². The second-order valence-corrected chi connectivity index (χ2v) is 12.2. The van der Waals surface area contributed by atoms with Gasteiger partial charge in [0, 0.05) is 18.4 Å². The highest BCUT2D eigenvalue weighted by atomic mass is 35.5. The maximum atomic E-state index is 14.6. The first-order valence-electron chi connectivity index (χ1n) is 14.7. The number of hydrogen-bond acceptors (Lipinski definition) is 5. The summed E-state index contributed by atoms with van der Waals surface area (Å²) in [6.07, 6.45) is -0.164. The van der Waals surface area contributed by atoms with Gasteiger partial charge in [-0.05, 0) is 66.1 Å². The molecule has 1 aliphatic heterocycles. The summed E-state index contributed by atoms with van der Waals surface area (Å²) >= 11 is 12.7. The lowest BCUT2D eigenvalue weighted by atomic mass is 9.90. The molecule has 2 amide bonds. The van der Waals surface area contributed by atoms with E-state index in [1.807, 2.05) is 96.5 Å². The fourth-order valence-electron chi connectivity index (χ4n) is 6.40. The minimum atomic E-state index is -0.690. The predicted molar refractivity (Wildman–Crippen MR) is 173 cm³/mol. The molecule has 1 aromatic heterocycles. The van der Waals surface area contributed by atoms with E-state index in [1.165, 1.54) is 4.90 Å². The molecule has 1 aliphatic carbocycles. The Balaban J connectivity index is 1.31. The van der Waals surface area contributed by atoms with Gasteiger partial charge >= 0.3 is 6.09 Å². The Hall–Kier alpha value is -4.59. The largest absolute Gasteiger partial charge is 0.497 e. The van der Waals surface area contributed by atoms with Crippen molar-refractivity contribution in [1.82, 2.24) is 14.7 Å². The number of benzene rings is 4. The number of nitrogens with zero attached hydrogens (tertiary/aromatic N) is 3. The van der Waals surface area contributed by atoms with Crippen LogP contribution in [0.4, 0.5) is 4.79 Å². The Bertz CT molecular complexity index is 1940. The van der Waals surface area contributed by atoms with Gasteiger partial charge in [0.05, 0.1) is 40.1 Å². The minimum absolute atomic E-state index is 0.253. The first-order chi connectivity index (χ1) is 21.8. The van der Waals surface area contributed by atoms with Crippen molar-refractivity contribution in [3.8, 4) is 22.7 Å². The molecule has 7 rings (SSSR count). The zero-order chi connectivity index (χ0) is 31.2. The van der Waals surface area contributed by atoms with E-state index in [2.05, 4.69) is 0 Å². The van der Waals surface area contributed by atoms with Crippen LogP contribution in [0.3, 0.4) is 0 Å². The topological polar surface area (TPSA) is 73.7 Å². The molecule has 0 spiro atoms. The normalized spacial score (nSPS) is 17.5. The second-order valence-electron chi connectivity index (χ2n) is 11.4. The van der Waals surface area contributed by atoms with Crippen molar-refractivity contribution < 1.29 is 19.1 Å². The third-order valence-electron chi connectivity index (χ3n) is 8.56. The molecule has 1 fully saturated rings. The summed E-state index contributed by atoms with van der Waals surface area (Å²) in [6.45, 7) is 1.99. The third-order valence-corrected chi connectivity index (χ3v) is 9.30. The Morgan fingerprint density at radius 3 is 2.53 bits per heavy atom. The molecular weight excluding hydrogens is 609 g/mol. The Kier molecular flexibility index (Phi) is 7.59. The average molecular weight is 639 g/mol. The van der Waals surface area contributed by atoms with E-state index < -0.39 is 24.2 Å². The number of halogens is 2. The van der Waals surface area contributed by atoms with Gasteiger partial charge in [0.2, 0.25) is 5.91 Å². The van der Waals surface area contributed by atoms with E-state index in [1.54, 1.807) is 19.2 Å². The molecule has 9 heteroatoms. The summed E-state index contributed by atoms with van der Waals surface area (Å²) in [7, 11) is 1.62. The van der Waals surface area contributed by atoms with E-state index in [0.717, 1.165) is 44.9 Å². The van der Waals surface area contributed by atoms with Crippen LogP contribution < -0.4 is 4.74 Å². The van der Waals surface area contributed by atoms with Gasteiger partial charge in [-0.2, -0.15) is 5.10 Å². The first kappa shape index (κ1) is 29.1. The maximum absolute atomic E-state index is 14.6. The molecular formula is C36H29Cl2N3O4. The number of rotatable bonds is 7. The molecule has 3 atom stereocenters. The molecule has 2 aliphatic rings. The van der Waals surface area contributed by atoms with Crippen LogP contribution >= 0.6 is 23.2 Å². The van der Waals surface area contributed by atoms with Crippen molar-refractivity contribution in [3.05, 3.63) is 135 Å². The van der Waals surface area contributed by atoms with Gasteiger partial charge in [0.25, 0.3) is 0 Å². The predicted octanol–water partition coefficient (Wildman–Crippen LogP) is 8.13. The van der Waals surface area contributed by atoms with E-state index in [4.69, 9.17) is 37.8 Å². The summed E-state index contributed by atoms with van der Waals surface area (Å²) in [5.41, 5.74) is 6.92. The zero-order valence-electron chi connectivity index (χ0n) is 24.6. The highest BCUT2D eigenvalue weighted by molar-refractivity contribution is 6.42. The minimum Gasteiger partial charge on any atom is -0.497 e. The lowest BCUT2D eigenvalue weighted by molar-refractivity contribution is -0.131. The molecule has 0 radical (unpaired) electrons. The number of imide groups is 1. The smallest absolute Gasteiger partial charge is 0.417 e. The highest BCUT2D eigenvalue weighted by Gasteiger charge is 2.51. The van der Waals surface area contributed by atoms with Crippen LogP contribution in [-0.2, 0) is 22.4 Å². The molecule has 3 unspecified atom stereocenters. The van der Waals surface area contributed by atoms with Crippen LogP contribution in [0.1, 0.15) is 39.9 Å². The summed E-state index contributed by atoms with van der Waals surface area (Å²) < 4.78 is 12.9. The SMILES string of the molecule is COc1ccc(-n2nc(CC(C(=O)N3C(=O)OC4Cc5ccccc5C43)c3cccc(C)c3)cc2-c2ccc(Cl)c(Cl)c2)cc1. The van der Waals surface area contributed by atoms with Crippen molar-refractivity contribution in [1.29, 1.82) is 0 Å². The Labute approximate surface area is 270 Å². The highest BCUT2D eigenvalue weighted by Crippen LogP contribution is 2.44. The van der Waals surface area contributed by atoms with Crippen LogP contribution in [-0.4, -0.2) is 39.9 Å². The Morgan fingerprint density at radius 1 is 0.978 bits per heavy atom. The molecule has 0 saturated carbocycles. The fraction of sp³-hybridized carbons (Fsp3) is 0.194. The number of carbonyl (C=O) groups is 2. The number of aromatic nitrogens is 2. The number of carbonyl (C=O) groups excluding carboxylic acids is 2. The van der Waals surface area contributed by atoms with Crippen LogP contribution in [0.15, 0.2) is 97.1 Å². The van der Waals surface area contributed by atoms with Crippen molar-refractivity contribution >= 4 is 35.2 Å². The van der Waals surface area contributed by atoms with Gasteiger partial charge in [0.15, 0.2) is 0 Å². The van der Waals surface area contributed by atoms with Gasteiger partial charge in [-0.25, -0.2) is 14.4 Å². The molecule has 0 N–H and O–H groups in total. The number of hydrogen-bond donors (Lipinski definition) is 0. The van der Waals surface area contributed by atoms with E-state index >= 15 is 0 Å². The summed E-state index contributed by atoms with van der Waals surface area (Å²) in [4.78, 5) is 29.1. The van der Waals surface area contributed by atoms with Crippen LogP contribution in [0, 0.1) is 6.92 Å². The fourth-order valence-corrected chi connectivity index (χ4v) is 6.70. The number of aryl methyl sites for hydroxylation is 1. The number of fused-ring (bicyclic) bond motifs is 3. The lowest BCUT2D eigenvalue weighted by Crippen LogP contribution is -2.38. The second kappa shape index (κ2) is 11.7. The average Bonchev–Trinajstić information content (AvgIpc) is 3.72. The summed E-state index contributed by atoms with van der Waals surface area (Å²) in [5.74, 6) is -0.286. The Morgan fingerprint density at radius 2 is 1.78 bits per heavy atom. The first-order valence-corrected chi connectivity index (χ1v) is 15.4. The molecule has 7 nitrogen and oxygen atoms in total. The van der Waals surface area contributed by atoms with Gasteiger partial charge < -0.3 is 9.47 Å². The molecule has 4 aromatic carbocycles. The van der Waals surface area contributed by atoms with Crippen LogP contribution in [0.2, 0.25) is 10.0 Å².